The summed E-state index contributed by atoms with van der Waals surface area (Å²) in [5.74, 6) is 1.09. The number of hydrogen-bond acceptors (Lipinski definition) is 7. The van der Waals surface area contributed by atoms with Crippen molar-refractivity contribution in [1.29, 1.82) is 0 Å². The molecular formula is C24H25N9O. The molecule has 10 nitrogen and oxygen atoms in total. The summed E-state index contributed by atoms with van der Waals surface area (Å²) >= 11 is 0. The van der Waals surface area contributed by atoms with Crippen LogP contribution in [0.1, 0.15) is 16.1 Å². The molecule has 3 N–H and O–H groups in total. The van der Waals surface area contributed by atoms with Crippen LogP contribution in [0.25, 0.3) is 21.9 Å². The predicted octanol–water partition coefficient (Wildman–Crippen LogP) is 3.18. The van der Waals surface area contributed by atoms with Gasteiger partial charge in [0.2, 0.25) is 0 Å². The van der Waals surface area contributed by atoms with Crippen LogP contribution in [0.5, 0.6) is 0 Å². The van der Waals surface area contributed by atoms with Crippen LogP contribution >= 0.6 is 0 Å². The topological polar surface area (TPSA) is 119 Å². The van der Waals surface area contributed by atoms with Crippen molar-refractivity contribution in [3.8, 4) is 0 Å². The normalized spacial score (nSPS) is 11.4. The molecule has 1 amide bonds. The number of aromatic amines is 2. The highest BCUT2D eigenvalue weighted by Gasteiger charge is 2.17. The Kier molecular flexibility index (Phi) is 5.88. The van der Waals surface area contributed by atoms with E-state index >= 15 is 0 Å². The molecule has 0 aliphatic carbocycles. The Labute approximate surface area is 196 Å². The lowest BCUT2D eigenvalue weighted by molar-refractivity contribution is 0.0777. The van der Waals surface area contributed by atoms with Gasteiger partial charge in [-0.3, -0.25) is 9.89 Å². The molecule has 0 aliphatic heterocycles. The van der Waals surface area contributed by atoms with Crippen molar-refractivity contribution in [2.45, 2.75) is 6.54 Å². The lowest BCUT2D eigenvalue weighted by Gasteiger charge is -2.22. The molecule has 0 bridgehead atoms. The van der Waals surface area contributed by atoms with Crippen molar-refractivity contribution in [2.75, 3.05) is 32.5 Å². The molecule has 1 aromatic carbocycles. The molecule has 0 fully saturated rings. The zero-order chi connectivity index (χ0) is 23.5. The highest BCUT2D eigenvalue weighted by molar-refractivity contribution is 6.00. The van der Waals surface area contributed by atoms with Crippen LogP contribution in [0, 0.1) is 0 Å². The number of likely N-dealkylation sites (N-methyl/N-ethyl adjacent to an activating group) is 2. The molecule has 172 valence electrons. The van der Waals surface area contributed by atoms with Crippen LogP contribution in [0.15, 0.2) is 61.2 Å². The van der Waals surface area contributed by atoms with Gasteiger partial charge in [-0.2, -0.15) is 5.10 Å². The number of hydrogen-bond donors (Lipinski definition) is 3. The summed E-state index contributed by atoms with van der Waals surface area (Å²) in [5, 5.41) is 11.8. The lowest BCUT2D eigenvalue weighted by atomic mass is 10.2. The fraction of sp³-hybridized carbons (Fsp3) is 0.208. The minimum atomic E-state index is -0.102. The van der Waals surface area contributed by atoms with Crippen LogP contribution in [0.3, 0.4) is 0 Å². The standard InChI is InChI=1S/C24H25N9O/c1-32(14-16-6-4-3-5-7-16)8-9-33(2)24(34)19-11-18-22(29-19)26-15-27-23(18)30-21-10-17-12-28-31-20(17)13-25-21/h3-7,10-13,15H,8-9,14H2,1-2H3,(H,28,31)(H2,25,26,27,29,30). The number of aromatic nitrogens is 6. The highest BCUT2D eigenvalue weighted by atomic mass is 16.2. The quantitative estimate of drug-likeness (QED) is 0.329. The average Bonchev–Trinajstić information content (AvgIpc) is 3.50. The molecule has 0 atom stereocenters. The summed E-state index contributed by atoms with van der Waals surface area (Å²) in [4.78, 5) is 33.1. The summed E-state index contributed by atoms with van der Waals surface area (Å²) in [7, 11) is 3.86. The second-order valence-corrected chi connectivity index (χ2v) is 8.27. The molecule has 0 unspecified atom stereocenters. The molecule has 0 saturated carbocycles. The van der Waals surface area contributed by atoms with Crippen molar-refractivity contribution >= 4 is 39.5 Å². The first-order valence-corrected chi connectivity index (χ1v) is 10.9. The summed E-state index contributed by atoms with van der Waals surface area (Å²) in [6.07, 6.45) is 4.89. The zero-order valence-corrected chi connectivity index (χ0v) is 19.0. The molecule has 10 heteroatoms. The summed E-state index contributed by atoms with van der Waals surface area (Å²) in [6.45, 7) is 2.19. The third-order valence-corrected chi connectivity index (χ3v) is 5.69. The number of fused-ring (bicyclic) bond motifs is 2. The Morgan fingerprint density at radius 2 is 1.88 bits per heavy atom. The van der Waals surface area contributed by atoms with E-state index in [4.69, 9.17) is 0 Å². The van der Waals surface area contributed by atoms with E-state index in [0.717, 1.165) is 29.4 Å². The second-order valence-electron chi connectivity index (χ2n) is 8.27. The predicted molar refractivity (Wildman–Crippen MR) is 131 cm³/mol. The maximum Gasteiger partial charge on any atom is 0.270 e. The van der Waals surface area contributed by atoms with Gasteiger partial charge in [-0.25, -0.2) is 15.0 Å². The van der Waals surface area contributed by atoms with Gasteiger partial charge in [0.1, 0.15) is 29.3 Å². The third kappa shape index (κ3) is 4.57. The summed E-state index contributed by atoms with van der Waals surface area (Å²) in [6, 6.07) is 13.9. The first kappa shape index (κ1) is 21.5. The average molecular weight is 456 g/mol. The van der Waals surface area contributed by atoms with E-state index in [0.29, 0.717) is 29.5 Å². The van der Waals surface area contributed by atoms with Crippen LogP contribution in [0.2, 0.25) is 0 Å². The molecule has 0 saturated heterocycles. The van der Waals surface area contributed by atoms with Crippen molar-refractivity contribution in [1.82, 2.24) is 39.9 Å². The van der Waals surface area contributed by atoms with Gasteiger partial charge >= 0.3 is 0 Å². The molecule has 4 aromatic heterocycles. The summed E-state index contributed by atoms with van der Waals surface area (Å²) < 4.78 is 0. The maximum absolute atomic E-state index is 13.1. The lowest BCUT2D eigenvalue weighted by Crippen LogP contribution is -2.34. The molecular weight excluding hydrogens is 430 g/mol. The van der Waals surface area contributed by atoms with E-state index in [1.165, 1.54) is 11.9 Å². The Morgan fingerprint density at radius 1 is 1.03 bits per heavy atom. The minimum Gasteiger partial charge on any atom is -0.339 e. The van der Waals surface area contributed by atoms with Crippen LogP contribution in [-0.4, -0.2) is 73.0 Å². The third-order valence-electron chi connectivity index (χ3n) is 5.69. The fourth-order valence-corrected chi connectivity index (χ4v) is 3.79. The van der Waals surface area contributed by atoms with Gasteiger partial charge in [-0.15, -0.1) is 0 Å². The van der Waals surface area contributed by atoms with Gasteiger partial charge in [0, 0.05) is 32.1 Å². The summed E-state index contributed by atoms with van der Waals surface area (Å²) in [5.41, 5.74) is 3.14. The Balaban J connectivity index is 1.27. The van der Waals surface area contributed by atoms with Crippen molar-refractivity contribution in [2.24, 2.45) is 0 Å². The number of carbonyl (C=O) groups is 1. The van der Waals surface area contributed by atoms with Crippen molar-refractivity contribution in [3.63, 3.8) is 0 Å². The number of benzene rings is 1. The largest absolute Gasteiger partial charge is 0.339 e. The Hall–Kier alpha value is -4.31. The van der Waals surface area contributed by atoms with E-state index in [1.807, 2.05) is 24.3 Å². The van der Waals surface area contributed by atoms with Gasteiger partial charge in [-0.1, -0.05) is 30.3 Å². The number of carbonyl (C=O) groups excluding carboxylic acids is 1. The SMILES string of the molecule is CN(CCN(C)C(=O)c1cc2c(Nc3cc4cn[nH]c4cn3)ncnc2[nH]1)Cc1ccccc1. The molecule has 5 rings (SSSR count). The van der Waals surface area contributed by atoms with Gasteiger partial charge in [0.25, 0.3) is 5.91 Å². The van der Waals surface area contributed by atoms with Gasteiger partial charge in [-0.05, 0) is 24.7 Å². The maximum atomic E-state index is 13.1. The second kappa shape index (κ2) is 9.28. The minimum absolute atomic E-state index is 0.102. The van der Waals surface area contributed by atoms with E-state index in [2.05, 4.69) is 59.5 Å². The van der Waals surface area contributed by atoms with E-state index in [1.54, 1.807) is 30.4 Å². The van der Waals surface area contributed by atoms with Crippen molar-refractivity contribution < 1.29 is 4.79 Å². The molecule has 5 aromatic rings. The Morgan fingerprint density at radius 3 is 2.74 bits per heavy atom. The van der Waals surface area contributed by atoms with E-state index < -0.39 is 0 Å². The molecule has 0 aliphatic rings. The first-order chi connectivity index (χ1) is 16.6. The van der Waals surface area contributed by atoms with Crippen LogP contribution in [-0.2, 0) is 6.54 Å². The van der Waals surface area contributed by atoms with Gasteiger partial charge in [0.15, 0.2) is 0 Å². The number of rotatable bonds is 8. The smallest absolute Gasteiger partial charge is 0.270 e. The Bertz CT molecular complexity index is 1430. The monoisotopic (exact) mass is 455 g/mol. The molecule has 0 radical (unpaired) electrons. The first-order valence-electron chi connectivity index (χ1n) is 10.9. The number of amides is 1. The van der Waals surface area contributed by atoms with Crippen molar-refractivity contribution in [3.05, 3.63) is 72.4 Å². The van der Waals surface area contributed by atoms with Crippen LogP contribution in [0.4, 0.5) is 11.6 Å². The number of nitrogens with one attached hydrogen (secondary N) is 3. The zero-order valence-electron chi connectivity index (χ0n) is 19.0. The highest BCUT2D eigenvalue weighted by Crippen LogP contribution is 2.24. The number of nitrogens with zero attached hydrogens (tertiary/aromatic N) is 6. The number of pyridine rings is 1. The van der Waals surface area contributed by atoms with E-state index in [-0.39, 0.29) is 5.91 Å². The molecule has 34 heavy (non-hydrogen) atoms. The molecule has 4 heterocycles. The van der Waals surface area contributed by atoms with Gasteiger partial charge in [0.05, 0.1) is 23.3 Å². The number of anilines is 2. The van der Waals surface area contributed by atoms with Gasteiger partial charge < -0.3 is 20.1 Å². The number of H-pyrrole nitrogens is 2. The molecule has 0 spiro atoms. The van der Waals surface area contributed by atoms with Crippen LogP contribution < -0.4 is 5.32 Å². The fourth-order valence-electron chi connectivity index (χ4n) is 3.79. The van der Waals surface area contributed by atoms with E-state index in [9.17, 15) is 4.79 Å².